The lowest BCUT2D eigenvalue weighted by atomic mass is 10.3. The van der Waals surface area contributed by atoms with Crippen molar-refractivity contribution in [3.8, 4) is 0 Å². The van der Waals surface area contributed by atoms with E-state index in [1.54, 1.807) is 24.0 Å². The van der Waals surface area contributed by atoms with Gasteiger partial charge in [-0.05, 0) is 13.0 Å². The molecular weight excluding hydrogens is 204 g/mol. The number of para-hydroxylation sites is 1. The minimum absolute atomic E-state index is 0.359. The molecule has 0 radical (unpaired) electrons. The van der Waals surface area contributed by atoms with E-state index < -0.39 is 0 Å². The maximum Gasteiger partial charge on any atom is 0.332 e. The highest BCUT2D eigenvalue weighted by atomic mass is 16.5. The van der Waals surface area contributed by atoms with E-state index in [4.69, 9.17) is 4.74 Å². The minimum atomic E-state index is -0.359. The molecule has 0 spiro atoms. The van der Waals surface area contributed by atoms with Gasteiger partial charge in [0.1, 0.15) is 0 Å². The molecule has 1 aromatic heterocycles. The molecule has 0 fully saturated rings. The van der Waals surface area contributed by atoms with Gasteiger partial charge in [-0.15, -0.1) is 0 Å². The van der Waals surface area contributed by atoms with Crippen LogP contribution in [-0.4, -0.2) is 22.4 Å². The SMILES string of the molecule is CCOC(=O)/C=C\n1ncc2ccccc21. The number of nitrogens with zero attached hydrogens (tertiary/aromatic N) is 2. The van der Waals surface area contributed by atoms with Crippen molar-refractivity contribution in [3.63, 3.8) is 0 Å². The first-order valence-electron chi connectivity index (χ1n) is 5.08. The largest absolute Gasteiger partial charge is 0.463 e. The Hall–Kier alpha value is -2.10. The number of esters is 1. The van der Waals surface area contributed by atoms with Gasteiger partial charge in [0.05, 0.1) is 18.3 Å². The van der Waals surface area contributed by atoms with Crippen molar-refractivity contribution < 1.29 is 9.53 Å². The lowest BCUT2D eigenvalue weighted by Crippen LogP contribution is -2.00. The monoisotopic (exact) mass is 216 g/mol. The van der Waals surface area contributed by atoms with E-state index in [9.17, 15) is 4.79 Å². The summed E-state index contributed by atoms with van der Waals surface area (Å²) in [6.07, 6.45) is 4.72. The summed E-state index contributed by atoms with van der Waals surface area (Å²) in [4.78, 5) is 11.1. The summed E-state index contributed by atoms with van der Waals surface area (Å²) in [6, 6.07) is 7.79. The van der Waals surface area contributed by atoms with Crippen molar-refractivity contribution in [2.24, 2.45) is 0 Å². The Balaban J connectivity index is 2.24. The van der Waals surface area contributed by atoms with Crippen LogP contribution >= 0.6 is 0 Å². The molecule has 0 aliphatic heterocycles. The quantitative estimate of drug-likeness (QED) is 0.582. The van der Waals surface area contributed by atoms with Crippen LogP contribution in [0, 0.1) is 0 Å². The van der Waals surface area contributed by atoms with Crippen molar-refractivity contribution >= 4 is 23.1 Å². The van der Waals surface area contributed by atoms with E-state index in [1.165, 1.54) is 6.08 Å². The van der Waals surface area contributed by atoms with E-state index in [2.05, 4.69) is 5.10 Å². The van der Waals surface area contributed by atoms with Crippen LogP contribution in [0.25, 0.3) is 17.1 Å². The number of carbonyl (C=O) groups is 1. The molecule has 0 N–H and O–H groups in total. The molecule has 0 saturated carbocycles. The number of hydrogen-bond acceptors (Lipinski definition) is 3. The smallest absolute Gasteiger partial charge is 0.332 e. The summed E-state index contributed by atoms with van der Waals surface area (Å²) in [6.45, 7) is 2.15. The molecule has 82 valence electrons. The van der Waals surface area contributed by atoms with E-state index >= 15 is 0 Å². The predicted octanol–water partition coefficient (Wildman–Crippen LogP) is 2.07. The second-order valence-electron chi connectivity index (χ2n) is 3.22. The molecule has 0 aliphatic carbocycles. The first-order valence-corrected chi connectivity index (χ1v) is 5.08. The molecule has 1 aromatic carbocycles. The number of fused-ring (bicyclic) bond motifs is 1. The number of ether oxygens (including phenoxy) is 1. The second-order valence-corrected chi connectivity index (χ2v) is 3.22. The van der Waals surface area contributed by atoms with Gasteiger partial charge in [-0.1, -0.05) is 18.2 Å². The van der Waals surface area contributed by atoms with Gasteiger partial charge in [0, 0.05) is 17.7 Å². The van der Waals surface area contributed by atoms with Crippen LogP contribution < -0.4 is 0 Å². The highest BCUT2D eigenvalue weighted by Crippen LogP contribution is 2.12. The summed E-state index contributed by atoms with van der Waals surface area (Å²) < 4.78 is 6.43. The molecule has 2 rings (SSSR count). The van der Waals surface area contributed by atoms with Gasteiger partial charge in [-0.25, -0.2) is 9.48 Å². The highest BCUT2D eigenvalue weighted by molar-refractivity contribution is 5.87. The molecule has 2 aromatic rings. The topological polar surface area (TPSA) is 44.1 Å². The third kappa shape index (κ3) is 2.11. The third-order valence-corrected chi connectivity index (χ3v) is 2.14. The Bertz CT molecular complexity index is 529. The van der Waals surface area contributed by atoms with Gasteiger partial charge in [0.25, 0.3) is 0 Å². The zero-order chi connectivity index (χ0) is 11.4. The number of aromatic nitrogens is 2. The van der Waals surface area contributed by atoms with Crippen LogP contribution in [0.1, 0.15) is 6.92 Å². The Morgan fingerprint density at radius 2 is 2.31 bits per heavy atom. The fourth-order valence-corrected chi connectivity index (χ4v) is 1.43. The zero-order valence-corrected chi connectivity index (χ0v) is 8.96. The van der Waals surface area contributed by atoms with Gasteiger partial charge < -0.3 is 4.74 Å². The number of carbonyl (C=O) groups excluding carboxylic acids is 1. The van der Waals surface area contributed by atoms with E-state index in [0.29, 0.717) is 6.61 Å². The van der Waals surface area contributed by atoms with Gasteiger partial charge in [0.2, 0.25) is 0 Å². The normalized spacial score (nSPS) is 11.1. The lowest BCUT2D eigenvalue weighted by molar-refractivity contribution is -0.137. The van der Waals surface area contributed by atoms with Gasteiger partial charge >= 0.3 is 5.97 Å². The molecule has 16 heavy (non-hydrogen) atoms. The Morgan fingerprint density at radius 1 is 1.50 bits per heavy atom. The molecule has 0 amide bonds. The molecule has 0 atom stereocenters. The maximum absolute atomic E-state index is 11.1. The van der Waals surface area contributed by atoms with Crippen LogP contribution in [0.5, 0.6) is 0 Å². The highest BCUT2D eigenvalue weighted by Gasteiger charge is 1.99. The van der Waals surface area contributed by atoms with Crippen LogP contribution in [0.2, 0.25) is 0 Å². The van der Waals surface area contributed by atoms with Gasteiger partial charge in [-0.3, -0.25) is 0 Å². The van der Waals surface area contributed by atoms with Crippen molar-refractivity contribution in [3.05, 3.63) is 36.5 Å². The molecular formula is C12H12N2O2. The summed E-state index contributed by atoms with van der Waals surface area (Å²) in [5.41, 5.74) is 0.961. The first-order chi connectivity index (χ1) is 7.81. The lowest BCUT2D eigenvalue weighted by Gasteiger charge is -1.96. The van der Waals surface area contributed by atoms with Crippen molar-refractivity contribution in [1.29, 1.82) is 0 Å². The second kappa shape index (κ2) is 4.61. The molecule has 1 heterocycles. The zero-order valence-electron chi connectivity index (χ0n) is 8.96. The van der Waals surface area contributed by atoms with Crippen molar-refractivity contribution in [2.45, 2.75) is 6.92 Å². The van der Waals surface area contributed by atoms with Crippen LogP contribution in [0.4, 0.5) is 0 Å². The summed E-state index contributed by atoms with van der Waals surface area (Å²) in [5, 5.41) is 5.19. The van der Waals surface area contributed by atoms with Crippen molar-refractivity contribution in [1.82, 2.24) is 9.78 Å². The molecule has 0 unspecified atom stereocenters. The van der Waals surface area contributed by atoms with Crippen LogP contribution in [0.3, 0.4) is 0 Å². The predicted molar refractivity (Wildman–Crippen MR) is 61.7 cm³/mol. The number of benzene rings is 1. The van der Waals surface area contributed by atoms with Gasteiger partial charge in [-0.2, -0.15) is 5.10 Å². The summed E-state index contributed by atoms with van der Waals surface area (Å²) in [5.74, 6) is -0.359. The standard InChI is InChI=1S/C12H12N2O2/c1-2-16-12(15)7-8-14-11-6-4-3-5-10(11)9-13-14/h3-9H,2H2,1H3/b8-7-. The molecule has 4 heteroatoms. The fraction of sp³-hybridized carbons (Fsp3) is 0.167. The first kappa shape index (κ1) is 10.4. The Morgan fingerprint density at radius 3 is 3.12 bits per heavy atom. The van der Waals surface area contributed by atoms with Gasteiger partial charge in [0.15, 0.2) is 0 Å². The maximum atomic E-state index is 11.1. The van der Waals surface area contributed by atoms with Crippen molar-refractivity contribution in [2.75, 3.05) is 6.61 Å². The van der Waals surface area contributed by atoms with E-state index in [0.717, 1.165) is 10.9 Å². The molecule has 0 saturated heterocycles. The fourth-order valence-electron chi connectivity index (χ4n) is 1.43. The Labute approximate surface area is 93.1 Å². The molecule has 4 nitrogen and oxygen atoms in total. The van der Waals surface area contributed by atoms with E-state index in [1.807, 2.05) is 24.3 Å². The average molecular weight is 216 g/mol. The average Bonchev–Trinajstić information content (AvgIpc) is 2.70. The van der Waals surface area contributed by atoms with Crippen LogP contribution in [0.15, 0.2) is 36.5 Å². The molecule has 0 aliphatic rings. The minimum Gasteiger partial charge on any atom is -0.463 e. The van der Waals surface area contributed by atoms with Crippen LogP contribution in [-0.2, 0) is 9.53 Å². The number of hydrogen-bond donors (Lipinski definition) is 0. The Kier molecular flexibility index (Phi) is 3.00. The van der Waals surface area contributed by atoms with E-state index in [-0.39, 0.29) is 5.97 Å². The summed E-state index contributed by atoms with van der Waals surface area (Å²) in [7, 11) is 0. The molecule has 0 bridgehead atoms. The summed E-state index contributed by atoms with van der Waals surface area (Å²) >= 11 is 0. The number of rotatable bonds is 3. The third-order valence-electron chi connectivity index (χ3n) is 2.14.